The summed E-state index contributed by atoms with van der Waals surface area (Å²) in [7, 11) is 0. The summed E-state index contributed by atoms with van der Waals surface area (Å²) in [5.74, 6) is 1.34. The van der Waals surface area contributed by atoms with E-state index in [-0.39, 0.29) is 23.7 Å². The molecular formula is C28H29N3O3. The monoisotopic (exact) mass is 455 g/mol. The number of anilines is 3. The molecule has 1 aliphatic carbocycles. The van der Waals surface area contributed by atoms with Crippen LogP contribution in [0.3, 0.4) is 0 Å². The molecule has 1 atom stereocenters. The van der Waals surface area contributed by atoms with Crippen LogP contribution in [-0.2, 0) is 9.59 Å². The third kappa shape index (κ3) is 4.23. The van der Waals surface area contributed by atoms with Crippen molar-refractivity contribution in [3.8, 4) is 0 Å². The van der Waals surface area contributed by atoms with Crippen molar-refractivity contribution in [3.63, 3.8) is 0 Å². The lowest BCUT2D eigenvalue weighted by Gasteiger charge is -2.36. The fourth-order valence-corrected chi connectivity index (χ4v) is 5.00. The second-order valence-corrected chi connectivity index (χ2v) is 9.87. The second-order valence-electron chi connectivity index (χ2n) is 9.87. The fourth-order valence-electron chi connectivity index (χ4n) is 5.00. The van der Waals surface area contributed by atoms with Gasteiger partial charge in [-0.05, 0) is 55.2 Å². The summed E-state index contributed by atoms with van der Waals surface area (Å²) in [5, 5.41) is 6.53. The Bertz CT molecular complexity index is 1270. The van der Waals surface area contributed by atoms with E-state index in [0.717, 1.165) is 34.9 Å². The van der Waals surface area contributed by atoms with Gasteiger partial charge in [-0.3, -0.25) is 9.59 Å². The van der Waals surface area contributed by atoms with Gasteiger partial charge >= 0.3 is 0 Å². The number of allylic oxidation sites excluding steroid dienone is 1. The Balaban J connectivity index is 1.63. The number of hydrogen-bond donors (Lipinski definition) is 2. The number of nitrogens with one attached hydrogen (secondary N) is 2. The molecule has 6 nitrogen and oxygen atoms in total. The van der Waals surface area contributed by atoms with E-state index in [4.69, 9.17) is 4.42 Å². The molecule has 2 N–H and O–H groups in total. The molecule has 0 saturated heterocycles. The van der Waals surface area contributed by atoms with Gasteiger partial charge in [-0.2, -0.15) is 0 Å². The topological polar surface area (TPSA) is 74.6 Å². The molecule has 6 heteroatoms. The predicted molar refractivity (Wildman–Crippen MR) is 134 cm³/mol. The summed E-state index contributed by atoms with van der Waals surface area (Å²) >= 11 is 0. The molecule has 5 rings (SSSR count). The van der Waals surface area contributed by atoms with Crippen LogP contribution >= 0.6 is 0 Å². The SMILES string of the molecule is Cc1ccc(C2C3=C(CC(C)(C)CC3=O)Nc3ccccc3N2CC(=O)Nc2ccccc2)o1. The summed E-state index contributed by atoms with van der Waals surface area (Å²) in [5.41, 5.74) is 3.88. The Kier molecular flexibility index (Phi) is 5.52. The highest BCUT2D eigenvalue weighted by molar-refractivity contribution is 6.02. The predicted octanol–water partition coefficient (Wildman–Crippen LogP) is 5.84. The maximum absolute atomic E-state index is 13.6. The Morgan fingerprint density at radius 3 is 2.53 bits per heavy atom. The minimum atomic E-state index is -0.509. The third-order valence-corrected chi connectivity index (χ3v) is 6.41. The molecule has 0 spiro atoms. The van der Waals surface area contributed by atoms with Gasteiger partial charge in [0.1, 0.15) is 17.6 Å². The maximum atomic E-state index is 13.6. The van der Waals surface area contributed by atoms with Crippen molar-refractivity contribution in [1.29, 1.82) is 0 Å². The lowest BCUT2D eigenvalue weighted by Crippen LogP contribution is -2.40. The highest BCUT2D eigenvalue weighted by atomic mass is 16.3. The molecule has 0 bridgehead atoms. The van der Waals surface area contributed by atoms with Crippen molar-refractivity contribution >= 4 is 28.8 Å². The van der Waals surface area contributed by atoms with Crippen LogP contribution in [-0.4, -0.2) is 18.2 Å². The highest BCUT2D eigenvalue weighted by Gasteiger charge is 2.43. The third-order valence-electron chi connectivity index (χ3n) is 6.41. The molecule has 2 aromatic carbocycles. The zero-order valence-electron chi connectivity index (χ0n) is 19.7. The molecule has 1 aromatic heterocycles. The largest absolute Gasteiger partial charge is 0.464 e. The van der Waals surface area contributed by atoms with Crippen LogP contribution in [0.1, 0.15) is 44.3 Å². The molecular weight excluding hydrogens is 426 g/mol. The van der Waals surface area contributed by atoms with E-state index >= 15 is 0 Å². The number of carbonyl (C=O) groups is 2. The van der Waals surface area contributed by atoms with Gasteiger partial charge in [-0.1, -0.05) is 44.2 Å². The quantitative estimate of drug-likeness (QED) is 0.517. The van der Waals surface area contributed by atoms with E-state index in [9.17, 15) is 9.59 Å². The molecule has 34 heavy (non-hydrogen) atoms. The van der Waals surface area contributed by atoms with Crippen LogP contribution in [0.15, 0.2) is 82.4 Å². The Labute approximate surface area is 199 Å². The van der Waals surface area contributed by atoms with Crippen molar-refractivity contribution < 1.29 is 14.0 Å². The first kappa shape index (κ1) is 22.0. The van der Waals surface area contributed by atoms with Crippen molar-refractivity contribution in [1.82, 2.24) is 0 Å². The van der Waals surface area contributed by atoms with Crippen LogP contribution in [0.25, 0.3) is 0 Å². The first-order valence-corrected chi connectivity index (χ1v) is 11.6. The van der Waals surface area contributed by atoms with Gasteiger partial charge in [0, 0.05) is 23.4 Å². The zero-order valence-corrected chi connectivity index (χ0v) is 19.7. The van der Waals surface area contributed by atoms with E-state index in [1.807, 2.05) is 78.6 Å². The van der Waals surface area contributed by atoms with E-state index < -0.39 is 6.04 Å². The van der Waals surface area contributed by atoms with Gasteiger partial charge in [-0.25, -0.2) is 0 Å². The Morgan fingerprint density at radius 1 is 1.06 bits per heavy atom. The molecule has 1 amide bonds. The number of benzene rings is 2. The lowest BCUT2D eigenvalue weighted by molar-refractivity contribution is -0.119. The van der Waals surface area contributed by atoms with Crippen LogP contribution in [0.4, 0.5) is 17.1 Å². The van der Waals surface area contributed by atoms with Gasteiger partial charge in [0.15, 0.2) is 5.78 Å². The number of nitrogens with zero attached hydrogens (tertiary/aromatic N) is 1. The second kappa shape index (κ2) is 8.52. The van der Waals surface area contributed by atoms with Crippen LogP contribution in [0, 0.1) is 12.3 Å². The van der Waals surface area contributed by atoms with Gasteiger partial charge in [0.05, 0.1) is 17.9 Å². The summed E-state index contributed by atoms with van der Waals surface area (Å²) in [6.45, 7) is 6.18. The number of fused-ring (bicyclic) bond motifs is 1. The van der Waals surface area contributed by atoms with Gasteiger partial charge in [0.25, 0.3) is 0 Å². The normalized spacial score (nSPS) is 19.1. The fraction of sp³-hybridized carbons (Fsp3) is 0.286. The molecule has 1 aliphatic heterocycles. The number of ketones is 1. The Hall–Kier alpha value is -3.80. The zero-order chi connectivity index (χ0) is 23.9. The molecule has 0 saturated carbocycles. The molecule has 0 fully saturated rings. The average molecular weight is 456 g/mol. The number of amides is 1. The first-order chi connectivity index (χ1) is 16.3. The first-order valence-electron chi connectivity index (χ1n) is 11.6. The molecule has 2 aliphatic rings. The number of aryl methyl sites for hydroxylation is 1. The van der Waals surface area contributed by atoms with Crippen molar-refractivity contribution in [2.24, 2.45) is 5.41 Å². The van der Waals surface area contributed by atoms with Crippen LogP contribution in [0.2, 0.25) is 0 Å². The Morgan fingerprint density at radius 2 is 1.79 bits per heavy atom. The maximum Gasteiger partial charge on any atom is 0.243 e. The van der Waals surface area contributed by atoms with Gasteiger partial charge in [-0.15, -0.1) is 0 Å². The summed E-state index contributed by atoms with van der Waals surface area (Å²) < 4.78 is 6.09. The van der Waals surface area contributed by atoms with Gasteiger partial charge < -0.3 is 20.0 Å². The molecule has 1 unspecified atom stereocenters. The van der Waals surface area contributed by atoms with Crippen molar-refractivity contribution in [2.75, 3.05) is 22.1 Å². The van der Waals surface area contributed by atoms with E-state index in [2.05, 4.69) is 24.5 Å². The molecule has 3 aromatic rings. The summed E-state index contributed by atoms with van der Waals surface area (Å²) in [6, 6.07) is 20.6. The number of rotatable bonds is 4. The van der Waals surface area contributed by atoms with Crippen molar-refractivity contribution in [3.05, 3.63) is 89.5 Å². The summed E-state index contributed by atoms with van der Waals surface area (Å²) in [4.78, 5) is 28.8. The van der Waals surface area contributed by atoms with E-state index in [1.165, 1.54) is 0 Å². The van der Waals surface area contributed by atoms with Crippen LogP contribution < -0.4 is 15.5 Å². The molecule has 0 radical (unpaired) electrons. The number of carbonyl (C=O) groups excluding carboxylic acids is 2. The van der Waals surface area contributed by atoms with E-state index in [1.54, 1.807) is 0 Å². The summed E-state index contributed by atoms with van der Waals surface area (Å²) in [6.07, 6.45) is 1.19. The van der Waals surface area contributed by atoms with Crippen LogP contribution in [0.5, 0.6) is 0 Å². The highest BCUT2D eigenvalue weighted by Crippen LogP contribution is 2.48. The standard InChI is InChI=1S/C28H29N3O3/c1-18-13-14-24(34-18)27-26-21(15-28(2,3)16-23(26)32)30-20-11-7-8-12-22(20)31(27)17-25(33)29-19-9-5-4-6-10-19/h4-14,27,30H,15-17H2,1-3H3,(H,29,33). The molecule has 174 valence electrons. The number of furan rings is 1. The minimum absolute atomic E-state index is 0.0610. The number of Topliss-reactive ketones (excluding diaryl/α,β-unsaturated/α-hetero) is 1. The van der Waals surface area contributed by atoms with E-state index in [0.29, 0.717) is 17.8 Å². The lowest BCUT2D eigenvalue weighted by atomic mass is 9.74. The van der Waals surface area contributed by atoms with Crippen molar-refractivity contribution in [2.45, 2.75) is 39.7 Å². The van der Waals surface area contributed by atoms with Gasteiger partial charge in [0.2, 0.25) is 5.91 Å². The number of hydrogen-bond acceptors (Lipinski definition) is 5. The minimum Gasteiger partial charge on any atom is -0.464 e. The smallest absolute Gasteiger partial charge is 0.243 e. The number of para-hydroxylation sites is 3. The molecule has 2 heterocycles. The average Bonchev–Trinajstić information content (AvgIpc) is 3.15.